The Bertz CT molecular complexity index is 867. The molecule has 23 heavy (non-hydrogen) atoms. The number of anilines is 1. The first-order valence-corrected chi connectivity index (χ1v) is 6.72. The molecule has 0 radical (unpaired) electrons. The molecule has 0 bridgehead atoms. The zero-order chi connectivity index (χ0) is 16.4. The summed E-state index contributed by atoms with van der Waals surface area (Å²) in [5, 5.41) is 22.1. The highest BCUT2D eigenvalue weighted by Gasteiger charge is 2.17. The van der Waals surface area contributed by atoms with Gasteiger partial charge in [0.25, 0.3) is 5.91 Å². The second kappa shape index (κ2) is 5.76. The Balaban J connectivity index is 1.87. The number of H-pyrrole nitrogens is 1. The van der Waals surface area contributed by atoms with E-state index in [1.54, 1.807) is 37.6 Å². The number of amides is 1. The molecule has 2 aromatic heterocycles. The second-order valence-electron chi connectivity index (χ2n) is 4.89. The highest BCUT2D eigenvalue weighted by Crippen LogP contribution is 2.20. The van der Waals surface area contributed by atoms with Gasteiger partial charge in [-0.1, -0.05) is 12.1 Å². The lowest BCUT2D eigenvalue weighted by Gasteiger charge is -2.05. The summed E-state index contributed by atoms with van der Waals surface area (Å²) in [6.45, 7) is 0. The lowest BCUT2D eigenvalue weighted by atomic mass is 10.1. The van der Waals surface area contributed by atoms with Crippen molar-refractivity contribution in [3.05, 3.63) is 54.1 Å². The van der Waals surface area contributed by atoms with E-state index >= 15 is 0 Å². The Hall–Kier alpha value is -3.42. The summed E-state index contributed by atoms with van der Waals surface area (Å²) in [5.41, 5.74) is 2.04. The number of aromatic amines is 1. The number of nitrogens with one attached hydrogen (secondary N) is 2. The van der Waals surface area contributed by atoms with Gasteiger partial charge < -0.3 is 10.4 Å². The molecule has 0 spiro atoms. The van der Waals surface area contributed by atoms with E-state index < -0.39 is 11.9 Å². The molecule has 0 unspecified atom stereocenters. The largest absolute Gasteiger partial charge is 0.476 e. The van der Waals surface area contributed by atoms with Crippen molar-refractivity contribution in [2.75, 3.05) is 5.32 Å². The first-order valence-electron chi connectivity index (χ1n) is 6.72. The molecule has 1 aromatic carbocycles. The van der Waals surface area contributed by atoms with Crippen molar-refractivity contribution in [3.8, 4) is 11.1 Å². The summed E-state index contributed by atoms with van der Waals surface area (Å²) in [7, 11) is 1.58. The molecule has 0 atom stereocenters. The lowest BCUT2D eigenvalue weighted by Crippen LogP contribution is -2.14. The topological polar surface area (TPSA) is 113 Å². The molecule has 3 aromatic rings. The van der Waals surface area contributed by atoms with E-state index in [4.69, 9.17) is 5.11 Å². The van der Waals surface area contributed by atoms with E-state index in [1.807, 2.05) is 6.07 Å². The summed E-state index contributed by atoms with van der Waals surface area (Å²) in [5.74, 6) is -1.61. The summed E-state index contributed by atoms with van der Waals surface area (Å²) in [6, 6.07) is 6.96. The van der Waals surface area contributed by atoms with Crippen molar-refractivity contribution in [1.29, 1.82) is 0 Å². The number of rotatable bonds is 4. The van der Waals surface area contributed by atoms with Gasteiger partial charge >= 0.3 is 5.97 Å². The van der Waals surface area contributed by atoms with E-state index in [-0.39, 0.29) is 11.4 Å². The Morgan fingerprint density at radius 2 is 2.13 bits per heavy atom. The lowest BCUT2D eigenvalue weighted by molar-refractivity contribution is 0.0690. The third-order valence-corrected chi connectivity index (χ3v) is 3.24. The van der Waals surface area contributed by atoms with Crippen molar-refractivity contribution in [3.63, 3.8) is 0 Å². The van der Waals surface area contributed by atoms with Crippen molar-refractivity contribution >= 4 is 17.6 Å². The fourth-order valence-corrected chi connectivity index (χ4v) is 2.18. The predicted octanol–water partition coefficient (Wildman–Crippen LogP) is 1.76. The standard InChI is InChI=1S/C15H13N5O3/c1-20-8-12(13(19-20)15(22)23)18-14(21)10-4-2-3-9(5-10)11-6-16-17-7-11/h2-8H,1H3,(H,16,17)(H,18,21)(H,22,23). The van der Waals surface area contributed by atoms with Crippen LogP contribution in [0, 0.1) is 0 Å². The smallest absolute Gasteiger partial charge is 0.358 e. The first-order chi connectivity index (χ1) is 11.0. The molecule has 2 heterocycles. The van der Waals surface area contributed by atoms with Crippen LogP contribution in [0.25, 0.3) is 11.1 Å². The number of carbonyl (C=O) groups excluding carboxylic acids is 1. The van der Waals surface area contributed by atoms with Crippen LogP contribution in [-0.2, 0) is 7.05 Å². The van der Waals surface area contributed by atoms with Gasteiger partial charge in [-0.15, -0.1) is 0 Å². The summed E-state index contributed by atoms with van der Waals surface area (Å²) in [6.07, 6.45) is 4.82. The number of aromatic nitrogens is 4. The summed E-state index contributed by atoms with van der Waals surface area (Å²) >= 11 is 0. The number of hydrogen-bond donors (Lipinski definition) is 3. The fraction of sp³-hybridized carbons (Fsp3) is 0.0667. The van der Waals surface area contributed by atoms with E-state index in [2.05, 4.69) is 20.6 Å². The Labute approximate surface area is 130 Å². The Kier molecular flexibility index (Phi) is 3.63. The van der Waals surface area contributed by atoms with Crippen LogP contribution in [0.1, 0.15) is 20.8 Å². The van der Waals surface area contributed by atoms with Crippen LogP contribution in [0.15, 0.2) is 42.9 Å². The minimum Gasteiger partial charge on any atom is -0.476 e. The van der Waals surface area contributed by atoms with Crippen LogP contribution in [0.3, 0.4) is 0 Å². The van der Waals surface area contributed by atoms with Crippen LogP contribution < -0.4 is 5.32 Å². The van der Waals surface area contributed by atoms with E-state index in [0.29, 0.717) is 5.56 Å². The Morgan fingerprint density at radius 3 is 2.83 bits per heavy atom. The van der Waals surface area contributed by atoms with Gasteiger partial charge in [0.1, 0.15) is 0 Å². The molecule has 0 saturated carbocycles. The number of carbonyl (C=O) groups is 2. The van der Waals surface area contributed by atoms with E-state index in [9.17, 15) is 9.59 Å². The minimum absolute atomic E-state index is 0.152. The molecule has 3 rings (SSSR count). The molecule has 116 valence electrons. The second-order valence-corrected chi connectivity index (χ2v) is 4.89. The monoisotopic (exact) mass is 311 g/mol. The van der Waals surface area contributed by atoms with Gasteiger partial charge in [0, 0.05) is 30.6 Å². The van der Waals surface area contributed by atoms with Gasteiger partial charge in [-0.25, -0.2) is 4.79 Å². The molecule has 0 saturated heterocycles. The van der Waals surface area contributed by atoms with E-state index in [0.717, 1.165) is 11.1 Å². The Morgan fingerprint density at radius 1 is 1.30 bits per heavy atom. The molecule has 0 fully saturated rings. The molecule has 8 nitrogen and oxygen atoms in total. The third kappa shape index (κ3) is 2.95. The quantitative estimate of drug-likeness (QED) is 0.679. The molecular formula is C15H13N5O3. The maximum atomic E-state index is 12.4. The van der Waals surface area contributed by atoms with Crippen LogP contribution in [-0.4, -0.2) is 37.0 Å². The maximum absolute atomic E-state index is 12.4. The average molecular weight is 311 g/mol. The molecule has 0 aliphatic carbocycles. The van der Waals surface area contributed by atoms with Gasteiger partial charge in [0.05, 0.1) is 11.9 Å². The normalized spacial score (nSPS) is 10.5. The average Bonchev–Trinajstić information content (AvgIpc) is 3.17. The molecule has 0 aliphatic rings. The van der Waals surface area contributed by atoms with Gasteiger partial charge in [-0.2, -0.15) is 10.2 Å². The van der Waals surface area contributed by atoms with Gasteiger partial charge in [-0.05, 0) is 17.7 Å². The number of carboxylic acids is 1. The van der Waals surface area contributed by atoms with Crippen LogP contribution in [0.5, 0.6) is 0 Å². The van der Waals surface area contributed by atoms with E-state index in [1.165, 1.54) is 10.9 Å². The minimum atomic E-state index is -1.20. The molecule has 1 amide bonds. The van der Waals surface area contributed by atoms with Crippen LogP contribution in [0.4, 0.5) is 5.69 Å². The van der Waals surface area contributed by atoms with Gasteiger partial charge in [0.2, 0.25) is 0 Å². The SMILES string of the molecule is Cn1cc(NC(=O)c2cccc(-c3cn[nH]c3)c2)c(C(=O)O)n1. The number of hydrogen-bond acceptors (Lipinski definition) is 4. The van der Waals surface area contributed by atoms with Crippen molar-refractivity contribution in [2.45, 2.75) is 0 Å². The van der Waals surface area contributed by atoms with Crippen LogP contribution in [0.2, 0.25) is 0 Å². The van der Waals surface area contributed by atoms with Gasteiger partial charge in [-0.3, -0.25) is 14.6 Å². The predicted molar refractivity (Wildman–Crippen MR) is 82.1 cm³/mol. The molecule has 0 aliphatic heterocycles. The highest BCUT2D eigenvalue weighted by molar-refractivity contribution is 6.07. The van der Waals surface area contributed by atoms with Crippen molar-refractivity contribution in [2.24, 2.45) is 7.05 Å². The zero-order valence-electron chi connectivity index (χ0n) is 12.1. The number of benzene rings is 1. The first kappa shape index (κ1) is 14.5. The van der Waals surface area contributed by atoms with Crippen molar-refractivity contribution < 1.29 is 14.7 Å². The number of carboxylic acid groups (broad SMARTS) is 1. The molecule has 3 N–H and O–H groups in total. The number of nitrogens with zero attached hydrogens (tertiary/aromatic N) is 3. The third-order valence-electron chi connectivity index (χ3n) is 3.24. The number of aryl methyl sites for hydroxylation is 1. The summed E-state index contributed by atoms with van der Waals surface area (Å²) < 4.78 is 1.33. The molecule has 8 heteroatoms. The maximum Gasteiger partial charge on any atom is 0.358 e. The summed E-state index contributed by atoms with van der Waals surface area (Å²) in [4.78, 5) is 23.5. The molecular weight excluding hydrogens is 298 g/mol. The van der Waals surface area contributed by atoms with Crippen molar-refractivity contribution in [1.82, 2.24) is 20.0 Å². The van der Waals surface area contributed by atoms with Crippen LogP contribution >= 0.6 is 0 Å². The van der Waals surface area contributed by atoms with Gasteiger partial charge in [0.15, 0.2) is 5.69 Å². The highest BCUT2D eigenvalue weighted by atomic mass is 16.4. The number of aromatic carboxylic acids is 1. The fourth-order valence-electron chi connectivity index (χ4n) is 2.18. The zero-order valence-corrected chi connectivity index (χ0v) is 12.1.